The maximum Gasteiger partial charge on any atom is 0.408 e. The SMILES string of the molecule is CC[Si](CC)(CC)O[C@H]1C[C@H]2OC[C@@]2(OC(C)=O)[C@H]2[C@H](OC(=O)c3ccccc3)[C@]3(O)C[C@H](OC(=O)[C@H](O[Si](CC)(CC)CC)[C@@H](NC(=O)OC(C)(C)C)c4ccccc4)[C@H](C)/C(=C/C(=O)[C@]12C)C3(C)C. The van der Waals surface area contributed by atoms with Crippen LogP contribution in [0.4, 0.5) is 4.79 Å². The largest absolute Gasteiger partial charge is 0.460 e. The van der Waals surface area contributed by atoms with E-state index < -0.39 is 117 Å². The molecule has 4 aliphatic rings. The lowest BCUT2D eigenvalue weighted by Crippen LogP contribution is -2.81. The lowest BCUT2D eigenvalue weighted by atomic mass is 9.45. The van der Waals surface area contributed by atoms with Crippen molar-refractivity contribution in [3.8, 4) is 0 Å². The van der Waals surface area contributed by atoms with Crippen LogP contribution in [-0.4, -0.2) is 105 Å². The van der Waals surface area contributed by atoms with E-state index in [-0.39, 0.29) is 30.8 Å². The molecule has 0 unspecified atom stereocenters. The van der Waals surface area contributed by atoms with Crippen molar-refractivity contribution < 1.29 is 61.6 Å². The molecular weight excluding hydrogens is 939 g/mol. The quantitative estimate of drug-likeness (QED) is 0.0818. The van der Waals surface area contributed by atoms with Crippen LogP contribution >= 0.6 is 0 Å². The first-order chi connectivity index (χ1) is 33.3. The number of nitrogens with one attached hydrogen (secondary N) is 1. The Labute approximate surface area is 423 Å². The number of hydrogen-bond donors (Lipinski definition) is 2. The first-order valence-electron chi connectivity index (χ1n) is 26.0. The third kappa shape index (κ3) is 10.5. The van der Waals surface area contributed by atoms with E-state index in [0.29, 0.717) is 29.3 Å². The van der Waals surface area contributed by atoms with Gasteiger partial charge in [-0.2, -0.15) is 0 Å². The fourth-order valence-electron chi connectivity index (χ4n) is 12.2. The highest BCUT2D eigenvalue weighted by Crippen LogP contribution is 2.65. The summed E-state index contributed by atoms with van der Waals surface area (Å²) in [7, 11) is -5.17. The second-order valence-corrected chi connectivity index (χ2v) is 31.6. The molecule has 2 aromatic carbocycles. The minimum absolute atomic E-state index is 0.126. The number of aliphatic hydroxyl groups is 1. The van der Waals surface area contributed by atoms with Crippen LogP contribution in [0.2, 0.25) is 36.3 Å². The molecule has 11 atom stereocenters. The number of esters is 3. The van der Waals surface area contributed by atoms with Gasteiger partial charge in [-0.3, -0.25) is 9.59 Å². The number of fused-ring (bicyclic) bond motifs is 5. The minimum atomic E-state index is -2.67. The fourth-order valence-corrected chi connectivity index (χ4v) is 17.9. The Morgan fingerprint density at radius 3 is 1.92 bits per heavy atom. The smallest absolute Gasteiger partial charge is 0.408 e. The van der Waals surface area contributed by atoms with Crippen molar-refractivity contribution in [3.05, 3.63) is 83.4 Å². The lowest BCUT2D eigenvalue weighted by molar-refractivity contribution is -0.343. The van der Waals surface area contributed by atoms with Crippen LogP contribution in [0.1, 0.15) is 132 Å². The summed E-state index contributed by atoms with van der Waals surface area (Å²) < 4.78 is 46.4. The molecule has 2 aromatic rings. The number of alkyl carbamates (subject to hydrolysis) is 1. The third-order valence-corrected chi connectivity index (χ3v) is 26.4. The van der Waals surface area contributed by atoms with Gasteiger partial charge in [-0.15, -0.1) is 0 Å². The van der Waals surface area contributed by atoms with E-state index in [1.165, 1.54) is 6.92 Å². The number of hydrogen-bond acceptors (Lipinski definition) is 13. The molecule has 0 radical (unpaired) electrons. The van der Waals surface area contributed by atoms with E-state index in [4.69, 9.17) is 32.5 Å². The first kappa shape index (κ1) is 56.1. The number of amides is 1. The number of rotatable bonds is 18. The molecule has 2 bridgehead atoms. The Balaban J connectivity index is 1.57. The van der Waals surface area contributed by atoms with E-state index in [9.17, 15) is 19.5 Å². The minimum Gasteiger partial charge on any atom is -0.460 e. The van der Waals surface area contributed by atoms with Gasteiger partial charge >= 0.3 is 24.0 Å². The van der Waals surface area contributed by atoms with Gasteiger partial charge in [-0.05, 0) is 87.7 Å². The summed E-state index contributed by atoms with van der Waals surface area (Å²) in [6, 6.07) is 20.8. The van der Waals surface area contributed by atoms with Crippen molar-refractivity contribution >= 4 is 46.4 Å². The van der Waals surface area contributed by atoms with Crippen molar-refractivity contribution in [1.82, 2.24) is 5.32 Å². The zero-order valence-corrected chi connectivity index (χ0v) is 46.7. The normalized spacial score (nSPS) is 30.8. The highest BCUT2D eigenvalue weighted by Gasteiger charge is 2.77. The van der Waals surface area contributed by atoms with Crippen molar-refractivity contribution in [2.75, 3.05) is 6.61 Å². The fraction of sp³-hybridized carbons (Fsp3) is 0.655. The van der Waals surface area contributed by atoms with Crippen molar-refractivity contribution in [3.63, 3.8) is 0 Å². The van der Waals surface area contributed by atoms with E-state index in [2.05, 4.69) is 26.1 Å². The summed E-state index contributed by atoms with van der Waals surface area (Å²) in [6.45, 7) is 26.2. The van der Waals surface area contributed by atoms with Gasteiger partial charge in [0, 0.05) is 31.1 Å². The standard InChI is InChI=1S/C55H81NO13Si2/c1-15-70(16-2,17-3)68-42-32-43-54(34-63-43,66-36(8)57)46-47(65-48(59)38-29-25-22-26-30-38)55(62)33-40(35(7)39(52(55,12)13)31-41(58)53(42,46)14)64-49(60)45(69-71(18-4,19-5)20-6)44(37-27-23-21-24-28-37)56-50(61)67-51(9,10)11/h21-31,35,40,42-47,62H,15-20,32-34H2,1-14H3,(H,56,61)/b39-31-/t35-,40+,42+,43-,44+,45-,46+,47+,53-,54+,55-/m1/s1. The van der Waals surface area contributed by atoms with Crippen molar-refractivity contribution in [2.45, 2.75) is 199 Å². The molecule has 1 amide bonds. The van der Waals surface area contributed by atoms with Gasteiger partial charge in [0.05, 0.1) is 35.6 Å². The molecule has 0 spiro atoms. The zero-order chi connectivity index (χ0) is 52.5. The number of carbonyl (C=O) groups excluding carboxylic acids is 5. The van der Waals surface area contributed by atoms with Gasteiger partial charge in [0.2, 0.25) is 0 Å². The Bertz CT molecular complexity index is 2260. The Morgan fingerprint density at radius 1 is 0.845 bits per heavy atom. The first-order valence-corrected chi connectivity index (χ1v) is 31.0. The highest BCUT2D eigenvalue weighted by atomic mass is 28.4. The summed E-state index contributed by atoms with van der Waals surface area (Å²) in [4.78, 5) is 73.3. The number of allylic oxidation sites excluding steroid dienone is 1. The Kier molecular flexibility index (Phi) is 16.9. The molecule has 1 heterocycles. The van der Waals surface area contributed by atoms with Gasteiger partial charge < -0.3 is 43.0 Å². The van der Waals surface area contributed by atoms with Gasteiger partial charge in [0.1, 0.15) is 29.5 Å². The van der Waals surface area contributed by atoms with Crippen LogP contribution < -0.4 is 5.32 Å². The van der Waals surface area contributed by atoms with Crippen LogP contribution in [0.15, 0.2) is 72.3 Å². The topological polar surface area (TPSA) is 182 Å². The molecule has 2 N–H and O–H groups in total. The molecule has 1 saturated heterocycles. The van der Waals surface area contributed by atoms with Crippen LogP contribution in [0, 0.1) is 22.7 Å². The van der Waals surface area contributed by atoms with Gasteiger partial charge in [-0.1, -0.05) is 116 Å². The second kappa shape index (κ2) is 21.3. The molecule has 6 rings (SSSR count). The molecular formula is C55H81NO13Si2. The van der Waals surface area contributed by atoms with Crippen molar-refractivity contribution in [2.24, 2.45) is 22.7 Å². The maximum atomic E-state index is 15.9. The zero-order valence-electron chi connectivity index (χ0n) is 44.7. The predicted octanol–water partition coefficient (Wildman–Crippen LogP) is 10.2. The highest BCUT2D eigenvalue weighted by molar-refractivity contribution is 6.74. The van der Waals surface area contributed by atoms with Crippen molar-refractivity contribution in [1.29, 1.82) is 0 Å². The number of carbonyl (C=O) groups is 5. The Hall–Kier alpha value is -4.20. The number of benzene rings is 2. The second-order valence-electron chi connectivity index (χ2n) is 22.2. The number of ketones is 1. The van der Waals surface area contributed by atoms with Crippen LogP contribution in [0.3, 0.4) is 0 Å². The lowest BCUT2D eigenvalue weighted by Gasteiger charge is -2.68. The maximum absolute atomic E-state index is 15.9. The molecule has 3 fully saturated rings. The van der Waals surface area contributed by atoms with Gasteiger partial charge in [0.15, 0.2) is 34.1 Å². The average Bonchev–Trinajstić information content (AvgIpc) is 3.33. The molecule has 392 valence electrons. The molecule has 71 heavy (non-hydrogen) atoms. The van der Waals surface area contributed by atoms with E-state index in [1.807, 2.05) is 59.7 Å². The van der Waals surface area contributed by atoms with Crippen LogP contribution in [0.25, 0.3) is 0 Å². The average molecular weight is 1020 g/mol. The molecule has 14 nitrogen and oxygen atoms in total. The molecule has 3 aliphatic carbocycles. The molecule has 16 heteroatoms. The van der Waals surface area contributed by atoms with Gasteiger partial charge in [0.25, 0.3) is 0 Å². The summed E-state index contributed by atoms with van der Waals surface area (Å²) in [5, 5.41) is 17.1. The molecule has 0 aromatic heterocycles. The van der Waals surface area contributed by atoms with Gasteiger partial charge in [-0.25, -0.2) is 14.4 Å². The monoisotopic (exact) mass is 1020 g/mol. The summed E-state index contributed by atoms with van der Waals surface area (Å²) >= 11 is 0. The van der Waals surface area contributed by atoms with Crippen LogP contribution in [-0.2, 0) is 46.9 Å². The summed E-state index contributed by atoms with van der Waals surface area (Å²) in [5.41, 5.74) is -6.12. The third-order valence-electron chi connectivity index (χ3n) is 17.1. The predicted molar refractivity (Wildman–Crippen MR) is 274 cm³/mol. The summed E-state index contributed by atoms with van der Waals surface area (Å²) in [5.74, 6) is -4.43. The molecule has 1 aliphatic heterocycles. The van der Waals surface area contributed by atoms with Crippen LogP contribution in [0.5, 0.6) is 0 Å². The summed E-state index contributed by atoms with van der Waals surface area (Å²) in [6.07, 6.45) is -4.87. The number of ether oxygens (including phenoxy) is 5. The van der Waals surface area contributed by atoms with E-state index in [0.717, 1.165) is 18.1 Å². The molecule has 2 saturated carbocycles. The Morgan fingerprint density at radius 2 is 1.41 bits per heavy atom. The van der Waals surface area contributed by atoms with E-state index >= 15 is 9.59 Å². The van der Waals surface area contributed by atoms with E-state index in [1.54, 1.807) is 76.2 Å².